The number of furan rings is 1. The molecule has 1 atom stereocenters. The number of carbonyl (C=O) groups excluding carboxylic acids is 2. The number of ketones is 1. The fraction of sp³-hybridized carbons (Fsp3) is 0.125. The van der Waals surface area contributed by atoms with E-state index in [-0.39, 0.29) is 11.3 Å². The zero-order valence-corrected chi connectivity index (χ0v) is 20.1. The van der Waals surface area contributed by atoms with Crippen molar-refractivity contribution in [1.29, 1.82) is 0 Å². The molecule has 0 fully saturated rings. The molecule has 0 saturated heterocycles. The predicted molar refractivity (Wildman–Crippen MR) is 131 cm³/mol. The summed E-state index contributed by atoms with van der Waals surface area (Å²) in [6.45, 7) is 3.98. The topological polar surface area (TPSA) is 83.6 Å². The number of amides is 1. The van der Waals surface area contributed by atoms with E-state index < -0.39 is 23.5 Å². The van der Waals surface area contributed by atoms with Crippen LogP contribution in [0.1, 0.15) is 33.3 Å². The van der Waals surface area contributed by atoms with Crippen LogP contribution in [0.15, 0.2) is 70.5 Å². The van der Waals surface area contributed by atoms with Crippen LogP contribution in [0, 0.1) is 17.4 Å². The smallest absolute Gasteiger partial charge is 0.296 e. The molecule has 0 aliphatic carbocycles. The van der Waals surface area contributed by atoms with Gasteiger partial charge >= 0.3 is 0 Å². The van der Waals surface area contributed by atoms with E-state index in [2.05, 4.69) is 22.6 Å². The van der Waals surface area contributed by atoms with Crippen LogP contribution < -0.4 is 4.90 Å². The minimum atomic E-state index is -0.820. The number of benzene rings is 2. The van der Waals surface area contributed by atoms with E-state index in [0.717, 1.165) is 24.9 Å². The molecule has 1 aliphatic rings. The average Bonchev–Trinajstić information content (AvgIpc) is 3.48. The monoisotopic (exact) mass is 556 g/mol. The van der Waals surface area contributed by atoms with Crippen LogP contribution in [0.4, 0.5) is 5.13 Å². The van der Waals surface area contributed by atoms with Crippen LogP contribution in [0.25, 0.3) is 10.2 Å². The Morgan fingerprint density at radius 2 is 1.94 bits per heavy atom. The molecule has 8 heteroatoms. The highest BCUT2D eigenvalue weighted by Crippen LogP contribution is 2.44. The summed E-state index contributed by atoms with van der Waals surface area (Å²) in [5, 5.41) is 11.2. The number of aromatic nitrogens is 1. The van der Waals surface area contributed by atoms with Crippen LogP contribution in [0.2, 0.25) is 0 Å². The lowest BCUT2D eigenvalue weighted by atomic mass is 9.95. The number of rotatable bonds is 4. The van der Waals surface area contributed by atoms with Gasteiger partial charge in [0.25, 0.3) is 5.91 Å². The summed E-state index contributed by atoms with van der Waals surface area (Å²) in [5.74, 6) is -1.70. The SMILES string of the molecule is Cc1cc(C)c2nc(N3C(=O)C(O)=C(C(=O)c4ccco4)C3c3ccc(I)cc3)sc2c1. The second-order valence-corrected chi connectivity index (χ2v) is 9.88. The Labute approximate surface area is 201 Å². The molecule has 1 N–H and O–H groups in total. The summed E-state index contributed by atoms with van der Waals surface area (Å²) in [5.41, 5.74) is 3.59. The van der Waals surface area contributed by atoms with E-state index in [4.69, 9.17) is 9.40 Å². The molecular weight excluding hydrogens is 539 g/mol. The highest BCUT2D eigenvalue weighted by molar-refractivity contribution is 14.1. The fourth-order valence-electron chi connectivity index (χ4n) is 4.00. The first-order valence-electron chi connectivity index (χ1n) is 9.83. The Hall–Kier alpha value is -2.98. The van der Waals surface area contributed by atoms with Gasteiger partial charge in [-0.15, -0.1) is 0 Å². The Balaban J connectivity index is 1.70. The van der Waals surface area contributed by atoms with Crippen molar-refractivity contribution in [3.8, 4) is 0 Å². The summed E-state index contributed by atoms with van der Waals surface area (Å²) in [6.07, 6.45) is 1.39. The first-order chi connectivity index (χ1) is 15.3. The Bertz CT molecular complexity index is 1400. The number of anilines is 1. The number of nitrogens with zero attached hydrogens (tertiary/aromatic N) is 2. The normalized spacial score (nSPS) is 16.4. The lowest BCUT2D eigenvalue weighted by Crippen LogP contribution is -2.31. The quantitative estimate of drug-likeness (QED) is 0.250. The van der Waals surface area contributed by atoms with Crippen molar-refractivity contribution in [1.82, 2.24) is 4.98 Å². The molecule has 1 unspecified atom stereocenters. The maximum absolute atomic E-state index is 13.3. The van der Waals surface area contributed by atoms with Gasteiger partial charge in [0.1, 0.15) is 0 Å². The van der Waals surface area contributed by atoms with Gasteiger partial charge in [-0.1, -0.05) is 29.5 Å². The molecule has 160 valence electrons. The first-order valence-corrected chi connectivity index (χ1v) is 11.7. The summed E-state index contributed by atoms with van der Waals surface area (Å²) in [7, 11) is 0. The average molecular weight is 556 g/mol. The van der Waals surface area contributed by atoms with Gasteiger partial charge in [0.2, 0.25) is 5.78 Å². The van der Waals surface area contributed by atoms with Gasteiger partial charge in [-0.2, -0.15) is 0 Å². The fourth-order valence-corrected chi connectivity index (χ4v) is 5.53. The second-order valence-electron chi connectivity index (χ2n) is 7.62. The molecule has 32 heavy (non-hydrogen) atoms. The molecule has 2 aromatic carbocycles. The Morgan fingerprint density at radius 3 is 2.62 bits per heavy atom. The number of hydrogen-bond donors (Lipinski definition) is 1. The minimum absolute atomic E-state index is 0.0154. The molecule has 0 radical (unpaired) electrons. The van der Waals surface area contributed by atoms with Crippen molar-refractivity contribution in [2.45, 2.75) is 19.9 Å². The van der Waals surface area contributed by atoms with Crippen molar-refractivity contribution in [2.75, 3.05) is 4.90 Å². The van der Waals surface area contributed by atoms with Gasteiger partial charge in [0, 0.05) is 3.57 Å². The summed E-state index contributed by atoms with van der Waals surface area (Å²) in [6, 6.07) is 13.8. The molecule has 3 heterocycles. The molecule has 4 aromatic rings. The summed E-state index contributed by atoms with van der Waals surface area (Å²) < 4.78 is 7.23. The standard InChI is InChI=1S/C24H17IN2O4S/c1-12-10-13(2)19-17(11-12)32-24(26-19)27-20(14-5-7-15(25)8-6-14)18(22(29)23(27)30)21(28)16-4-3-9-31-16/h3-11,20,29H,1-2H3. The number of halogens is 1. The first kappa shape index (κ1) is 20.9. The second kappa shape index (κ2) is 7.86. The number of Topliss-reactive ketones (excluding diaryl/α,β-unsaturated/α-hetero) is 1. The molecule has 0 saturated carbocycles. The van der Waals surface area contributed by atoms with Crippen LogP contribution in [-0.2, 0) is 4.79 Å². The predicted octanol–water partition coefficient (Wildman–Crippen LogP) is 5.89. The lowest BCUT2D eigenvalue weighted by molar-refractivity contribution is -0.117. The highest BCUT2D eigenvalue weighted by Gasteiger charge is 2.46. The zero-order valence-electron chi connectivity index (χ0n) is 17.1. The van der Waals surface area contributed by atoms with E-state index in [1.165, 1.54) is 28.6 Å². The van der Waals surface area contributed by atoms with Crippen LogP contribution in [-0.4, -0.2) is 21.8 Å². The molecule has 6 nitrogen and oxygen atoms in total. The van der Waals surface area contributed by atoms with E-state index in [0.29, 0.717) is 10.7 Å². The maximum Gasteiger partial charge on any atom is 0.296 e. The third-order valence-corrected chi connectivity index (χ3v) is 7.13. The number of thiazole rings is 1. The number of fused-ring (bicyclic) bond motifs is 1. The minimum Gasteiger partial charge on any atom is -0.503 e. The Kier molecular flexibility index (Phi) is 5.13. The van der Waals surface area contributed by atoms with E-state index in [1.54, 1.807) is 6.07 Å². The zero-order chi connectivity index (χ0) is 22.6. The molecule has 5 rings (SSSR count). The van der Waals surface area contributed by atoms with Crippen molar-refractivity contribution in [3.63, 3.8) is 0 Å². The van der Waals surface area contributed by atoms with Gasteiger partial charge < -0.3 is 9.52 Å². The Morgan fingerprint density at radius 1 is 1.19 bits per heavy atom. The van der Waals surface area contributed by atoms with Crippen LogP contribution in [0.5, 0.6) is 0 Å². The van der Waals surface area contributed by atoms with Gasteiger partial charge in [-0.3, -0.25) is 14.5 Å². The van der Waals surface area contributed by atoms with Crippen LogP contribution >= 0.6 is 33.9 Å². The van der Waals surface area contributed by atoms with Gasteiger partial charge in [0.05, 0.1) is 28.1 Å². The lowest BCUT2D eigenvalue weighted by Gasteiger charge is -2.24. The number of aliphatic hydroxyl groups is 1. The highest BCUT2D eigenvalue weighted by atomic mass is 127. The van der Waals surface area contributed by atoms with E-state index >= 15 is 0 Å². The number of carbonyl (C=O) groups is 2. The number of aliphatic hydroxyl groups excluding tert-OH is 1. The number of hydrogen-bond acceptors (Lipinski definition) is 6. The third-order valence-electron chi connectivity index (χ3n) is 5.41. The van der Waals surface area contributed by atoms with Crippen LogP contribution in [0.3, 0.4) is 0 Å². The van der Waals surface area contributed by atoms with Crippen molar-refractivity contribution < 1.29 is 19.1 Å². The van der Waals surface area contributed by atoms with Crippen molar-refractivity contribution >= 4 is 61.0 Å². The van der Waals surface area contributed by atoms with Gasteiger partial charge in [-0.05, 0) is 83.5 Å². The summed E-state index contributed by atoms with van der Waals surface area (Å²) >= 11 is 3.56. The molecule has 1 amide bonds. The molecule has 2 aromatic heterocycles. The van der Waals surface area contributed by atoms with Gasteiger partial charge in [-0.25, -0.2) is 4.98 Å². The number of aryl methyl sites for hydroxylation is 2. The maximum atomic E-state index is 13.3. The molecule has 1 aliphatic heterocycles. The third kappa shape index (κ3) is 3.34. The largest absolute Gasteiger partial charge is 0.503 e. The molecular formula is C24H17IN2O4S. The molecule has 0 spiro atoms. The molecule has 0 bridgehead atoms. The van der Waals surface area contributed by atoms with Crippen molar-refractivity contribution in [2.24, 2.45) is 0 Å². The van der Waals surface area contributed by atoms with Crippen molar-refractivity contribution in [3.05, 3.63) is 92.1 Å². The van der Waals surface area contributed by atoms with E-state index in [1.807, 2.05) is 50.2 Å². The van der Waals surface area contributed by atoms with Gasteiger partial charge in [0.15, 0.2) is 16.7 Å². The van der Waals surface area contributed by atoms with E-state index in [9.17, 15) is 14.7 Å². The summed E-state index contributed by atoms with van der Waals surface area (Å²) in [4.78, 5) is 32.7.